The van der Waals surface area contributed by atoms with Crippen molar-refractivity contribution in [2.45, 2.75) is 20.0 Å². The van der Waals surface area contributed by atoms with Gasteiger partial charge >= 0.3 is 5.97 Å². The molecule has 0 aliphatic heterocycles. The summed E-state index contributed by atoms with van der Waals surface area (Å²) in [7, 11) is 0. The zero-order valence-electron chi connectivity index (χ0n) is 11.1. The Balaban J connectivity index is 1.73. The minimum Gasteiger partial charge on any atom is -0.451 e. The van der Waals surface area contributed by atoms with E-state index in [2.05, 4.69) is 10.2 Å². The Kier molecular flexibility index (Phi) is 3.66. The number of ether oxygens (including phenoxy) is 1. The first kappa shape index (κ1) is 13.7. The van der Waals surface area contributed by atoms with Crippen molar-refractivity contribution < 1.29 is 18.3 Å². The summed E-state index contributed by atoms with van der Waals surface area (Å²) >= 11 is 1.18. The molecule has 0 saturated heterocycles. The Morgan fingerprint density at radius 2 is 2.19 bits per heavy atom. The van der Waals surface area contributed by atoms with Crippen LogP contribution in [0.25, 0.3) is 10.1 Å². The third kappa shape index (κ3) is 2.78. The van der Waals surface area contributed by atoms with Crippen LogP contribution in [-0.4, -0.2) is 16.2 Å². The normalized spacial score (nSPS) is 11.0. The van der Waals surface area contributed by atoms with Crippen molar-refractivity contribution >= 4 is 27.4 Å². The Morgan fingerprint density at radius 3 is 2.90 bits per heavy atom. The maximum atomic E-state index is 13.6. The van der Waals surface area contributed by atoms with Crippen molar-refractivity contribution in [2.75, 3.05) is 0 Å². The molecule has 0 fully saturated rings. The van der Waals surface area contributed by atoms with Gasteiger partial charge in [-0.15, -0.1) is 21.5 Å². The van der Waals surface area contributed by atoms with Gasteiger partial charge < -0.3 is 9.15 Å². The quantitative estimate of drug-likeness (QED) is 0.692. The average molecular weight is 306 g/mol. The van der Waals surface area contributed by atoms with Gasteiger partial charge in [-0.3, -0.25) is 0 Å². The molecule has 0 unspecified atom stereocenters. The highest BCUT2D eigenvalue weighted by molar-refractivity contribution is 7.20. The van der Waals surface area contributed by atoms with Gasteiger partial charge in [0.15, 0.2) is 6.61 Å². The fourth-order valence-electron chi connectivity index (χ4n) is 1.81. The van der Waals surface area contributed by atoms with E-state index >= 15 is 0 Å². The van der Waals surface area contributed by atoms with Crippen molar-refractivity contribution in [1.29, 1.82) is 0 Å². The van der Waals surface area contributed by atoms with Crippen LogP contribution in [0, 0.1) is 5.82 Å². The maximum Gasteiger partial charge on any atom is 0.348 e. The van der Waals surface area contributed by atoms with Crippen LogP contribution in [0.5, 0.6) is 0 Å². The molecule has 2 heterocycles. The lowest BCUT2D eigenvalue weighted by molar-refractivity contribution is 0.0442. The van der Waals surface area contributed by atoms with Gasteiger partial charge in [-0.2, -0.15) is 0 Å². The largest absolute Gasteiger partial charge is 0.451 e. The monoisotopic (exact) mass is 306 g/mol. The molecule has 0 saturated carbocycles. The predicted octanol–water partition coefficient (Wildman–Crippen LogP) is 3.34. The first-order valence-electron chi connectivity index (χ1n) is 6.34. The number of fused-ring (bicyclic) bond motifs is 1. The van der Waals surface area contributed by atoms with Crippen LogP contribution in [0.1, 0.15) is 28.4 Å². The number of hydrogen-bond acceptors (Lipinski definition) is 6. The van der Waals surface area contributed by atoms with Crippen LogP contribution in [0.2, 0.25) is 0 Å². The van der Waals surface area contributed by atoms with Crippen LogP contribution in [0.3, 0.4) is 0 Å². The van der Waals surface area contributed by atoms with Crippen LogP contribution in [0.15, 0.2) is 28.7 Å². The number of halogens is 1. The van der Waals surface area contributed by atoms with Gasteiger partial charge in [0, 0.05) is 16.5 Å². The average Bonchev–Trinajstić information content (AvgIpc) is 3.12. The SMILES string of the molecule is CCc1nnc(COC(=O)c2cc3c(F)cccc3s2)o1. The lowest BCUT2D eigenvalue weighted by Gasteiger charge is -1.98. The second-order valence-electron chi connectivity index (χ2n) is 4.28. The lowest BCUT2D eigenvalue weighted by atomic mass is 10.2. The number of thiophene rings is 1. The van der Waals surface area contributed by atoms with Gasteiger partial charge in [0.25, 0.3) is 5.89 Å². The van der Waals surface area contributed by atoms with Crippen molar-refractivity contribution in [2.24, 2.45) is 0 Å². The molecule has 0 aliphatic rings. The van der Waals surface area contributed by atoms with E-state index in [0.29, 0.717) is 27.3 Å². The summed E-state index contributed by atoms with van der Waals surface area (Å²) in [6.07, 6.45) is 0.622. The van der Waals surface area contributed by atoms with Crippen LogP contribution >= 0.6 is 11.3 Å². The number of benzene rings is 1. The van der Waals surface area contributed by atoms with E-state index in [1.807, 2.05) is 6.92 Å². The number of aryl methyl sites for hydroxylation is 1. The van der Waals surface area contributed by atoms with Gasteiger partial charge in [-0.1, -0.05) is 13.0 Å². The molecule has 0 radical (unpaired) electrons. The van der Waals surface area contributed by atoms with E-state index in [4.69, 9.17) is 9.15 Å². The molecule has 7 heteroatoms. The van der Waals surface area contributed by atoms with Gasteiger partial charge in [-0.05, 0) is 18.2 Å². The molecular formula is C14H11FN2O3S. The summed E-state index contributed by atoms with van der Waals surface area (Å²) in [5.41, 5.74) is 0. The predicted molar refractivity (Wildman–Crippen MR) is 74.6 cm³/mol. The van der Waals surface area contributed by atoms with E-state index in [-0.39, 0.29) is 18.3 Å². The highest BCUT2D eigenvalue weighted by atomic mass is 32.1. The molecule has 0 aliphatic carbocycles. The molecule has 3 rings (SSSR count). The topological polar surface area (TPSA) is 65.2 Å². The maximum absolute atomic E-state index is 13.6. The molecule has 0 atom stereocenters. The number of nitrogens with zero attached hydrogens (tertiary/aromatic N) is 2. The number of carbonyl (C=O) groups excluding carboxylic acids is 1. The summed E-state index contributed by atoms with van der Waals surface area (Å²) in [4.78, 5) is 12.3. The molecule has 2 aromatic heterocycles. The fraction of sp³-hybridized carbons (Fsp3) is 0.214. The van der Waals surface area contributed by atoms with Crippen molar-refractivity contribution in [1.82, 2.24) is 10.2 Å². The van der Waals surface area contributed by atoms with E-state index in [1.165, 1.54) is 23.5 Å². The highest BCUT2D eigenvalue weighted by Gasteiger charge is 2.15. The van der Waals surface area contributed by atoms with Gasteiger partial charge in [0.2, 0.25) is 5.89 Å². The molecular weight excluding hydrogens is 295 g/mol. The van der Waals surface area contributed by atoms with Crippen molar-refractivity contribution in [3.63, 3.8) is 0 Å². The van der Waals surface area contributed by atoms with Gasteiger partial charge in [-0.25, -0.2) is 9.18 Å². The lowest BCUT2D eigenvalue weighted by Crippen LogP contribution is -2.03. The molecule has 108 valence electrons. The number of rotatable bonds is 4. The number of esters is 1. The molecule has 5 nitrogen and oxygen atoms in total. The molecule has 0 amide bonds. The third-order valence-corrected chi connectivity index (χ3v) is 3.93. The smallest absolute Gasteiger partial charge is 0.348 e. The van der Waals surface area contributed by atoms with E-state index < -0.39 is 5.97 Å². The molecule has 21 heavy (non-hydrogen) atoms. The fourth-order valence-corrected chi connectivity index (χ4v) is 2.78. The second-order valence-corrected chi connectivity index (χ2v) is 5.37. The first-order chi connectivity index (χ1) is 10.2. The summed E-state index contributed by atoms with van der Waals surface area (Å²) < 4.78 is 24.6. The molecule has 3 aromatic rings. The minimum absolute atomic E-state index is 0.0947. The molecule has 1 aromatic carbocycles. The Bertz CT molecular complexity index is 796. The van der Waals surface area contributed by atoms with E-state index in [0.717, 1.165) is 0 Å². The summed E-state index contributed by atoms with van der Waals surface area (Å²) in [6.45, 7) is 1.79. The van der Waals surface area contributed by atoms with Crippen molar-refractivity contribution in [3.8, 4) is 0 Å². The molecule has 0 N–H and O–H groups in total. The van der Waals surface area contributed by atoms with Crippen molar-refractivity contribution in [3.05, 3.63) is 46.7 Å². The number of aromatic nitrogens is 2. The van der Waals surface area contributed by atoms with Crippen LogP contribution in [-0.2, 0) is 17.8 Å². The molecule has 0 spiro atoms. The molecule has 0 bridgehead atoms. The van der Waals surface area contributed by atoms with Crippen LogP contribution < -0.4 is 0 Å². The third-order valence-electron chi connectivity index (χ3n) is 2.85. The number of carbonyl (C=O) groups is 1. The van der Waals surface area contributed by atoms with Gasteiger partial charge in [0.05, 0.1) is 0 Å². The Morgan fingerprint density at radius 1 is 1.38 bits per heavy atom. The standard InChI is InChI=1S/C14H11FN2O3S/c1-2-12-16-17-13(20-12)7-19-14(18)11-6-8-9(15)4-3-5-10(8)21-11/h3-6H,2,7H2,1H3. The summed E-state index contributed by atoms with van der Waals surface area (Å²) in [5.74, 6) is -0.156. The second kappa shape index (κ2) is 5.61. The highest BCUT2D eigenvalue weighted by Crippen LogP contribution is 2.28. The van der Waals surface area contributed by atoms with E-state index in [1.54, 1.807) is 12.1 Å². The van der Waals surface area contributed by atoms with E-state index in [9.17, 15) is 9.18 Å². The first-order valence-corrected chi connectivity index (χ1v) is 7.15. The summed E-state index contributed by atoms with van der Waals surface area (Å²) in [6, 6.07) is 6.21. The Hall–Kier alpha value is -2.28. The zero-order chi connectivity index (χ0) is 14.8. The summed E-state index contributed by atoms with van der Waals surface area (Å²) in [5, 5.41) is 7.95. The van der Waals surface area contributed by atoms with Gasteiger partial charge in [0.1, 0.15) is 10.7 Å². The number of hydrogen-bond donors (Lipinski definition) is 0. The Labute approximate surface area is 123 Å². The zero-order valence-corrected chi connectivity index (χ0v) is 11.9. The van der Waals surface area contributed by atoms with Crippen LogP contribution in [0.4, 0.5) is 4.39 Å². The minimum atomic E-state index is -0.535.